The lowest BCUT2D eigenvalue weighted by atomic mass is 9.67. The Bertz CT molecular complexity index is 4840. The van der Waals surface area contributed by atoms with E-state index in [9.17, 15) is 0 Å². The third kappa shape index (κ3) is 8.82. The predicted octanol–water partition coefficient (Wildman–Crippen LogP) is 23.2. The summed E-state index contributed by atoms with van der Waals surface area (Å²) in [5.74, 6) is 0. The molecule has 0 fully saturated rings. The molecule has 430 valence electrons. The van der Waals surface area contributed by atoms with Crippen LogP contribution in [-0.2, 0) is 10.8 Å². The maximum absolute atomic E-state index is 2.49. The van der Waals surface area contributed by atoms with Crippen LogP contribution in [0.1, 0.15) is 77.9 Å². The van der Waals surface area contributed by atoms with E-state index in [1.54, 1.807) is 0 Å². The molecule has 0 N–H and O–H groups in total. The predicted molar refractivity (Wildman–Crippen MR) is 387 cm³/mol. The number of rotatable bonds is 12. The molecular weight excluding hydrogens is 1110 g/mol. The van der Waals surface area contributed by atoms with Crippen LogP contribution in [0.2, 0.25) is 0 Å². The summed E-state index contributed by atoms with van der Waals surface area (Å²) in [4.78, 5) is 0. The van der Waals surface area contributed by atoms with Gasteiger partial charge >= 0.3 is 0 Å². The summed E-state index contributed by atoms with van der Waals surface area (Å²) in [7, 11) is 0. The Balaban J connectivity index is 0.777. The summed E-state index contributed by atoms with van der Waals surface area (Å²) in [5.41, 5.74) is 28.4. The Morgan fingerprint density at radius 3 is 0.793 bits per heavy atom. The van der Waals surface area contributed by atoms with Crippen LogP contribution in [0.5, 0.6) is 0 Å². The van der Waals surface area contributed by atoms with Gasteiger partial charge in [-0.05, 0) is 179 Å². The van der Waals surface area contributed by atoms with E-state index >= 15 is 0 Å². The fraction of sp³-hybridized carbons (Fsp3) is 0.0217. The van der Waals surface area contributed by atoms with Gasteiger partial charge in [0.25, 0.3) is 0 Å². The molecule has 0 amide bonds. The zero-order valence-corrected chi connectivity index (χ0v) is 50.8. The Hall–Kier alpha value is -11.7. The van der Waals surface area contributed by atoms with Crippen LogP contribution in [0, 0.1) is 0 Å². The second kappa shape index (κ2) is 22.7. The SMILES string of the molecule is C(=C(\c1ccc(-c2c3ccccc3c(-c3ccc(/C(=C/c4ccccc4)c4ccc5c(c4)C(c4ccccc4)(c4ccccc4)c4ccccc4-5)cc3)c3ccccc23)cc1)c1ccc2c(c1)C(c1ccccc1)(c1ccccc1)c1ccccc1-2)/c1ccccc1. The van der Waals surface area contributed by atoms with Crippen molar-refractivity contribution in [3.8, 4) is 44.5 Å². The molecule has 0 radical (unpaired) electrons. The number of fused-ring (bicyclic) bond motifs is 8. The van der Waals surface area contributed by atoms with E-state index in [1.165, 1.54) is 133 Å². The van der Waals surface area contributed by atoms with E-state index in [0.29, 0.717) is 0 Å². The van der Waals surface area contributed by atoms with Gasteiger partial charge in [0.2, 0.25) is 0 Å². The molecule has 0 atom stereocenters. The lowest BCUT2D eigenvalue weighted by molar-refractivity contribution is 0.768. The van der Waals surface area contributed by atoms with Gasteiger partial charge in [0.05, 0.1) is 10.8 Å². The van der Waals surface area contributed by atoms with Crippen LogP contribution in [0.4, 0.5) is 0 Å². The van der Waals surface area contributed by atoms with Crippen molar-refractivity contribution >= 4 is 44.8 Å². The molecular formula is C92H62. The molecule has 17 rings (SSSR count). The van der Waals surface area contributed by atoms with Crippen molar-refractivity contribution in [2.75, 3.05) is 0 Å². The molecule has 0 aliphatic heterocycles. The zero-order valence-electron chi connectivity index (χ0n) is 50.8. The standard InChI is InChI=1S/C92H62/c1-7-27-63(28-8-1)59-83(69-55-57-77-75-39-23-25-45-85(75)91(87(77)61-69,71-31-11-3-12-32-71)72-33-13-4-14-34-72)65-47-51-67(52-48-65)89-79-41-19-21-43-81(79)90(82-44-22-20-42-80(82)89)68-53-49-66(50-54-68)84(60-64-29-9-2-10-30-64)70-56-58-78-76-40-24-26-46-86(76)92(88(78)62-70,73-35-15-5-16-36-73)74-37-17-6-18-38-74/h1-62H/b83-59-,84-60-. The summed E-state index contributed by atoms with van der Waals surface area (Å²) < 4.78 is 0. The minimum absolute atomic E-state index is 0.512. The summed E-state index contributed by atoms with van der Waals surface area (Å²) in [6.45, 7) is 0. The van der Waals surface area contributed by atoms with Crippen LogP contribution in [0.25, 0.3) is 89.4 Å². The highest BCUT2D eigenvalue weighted by Crippen LogP contribution is 2.59. The molecule has 0 unspecified atom stereocenters. The van der Waals surface area contributed by atoms with Gasteiger partial charge in [0.1, 0.15) is 0 Å². The van der Waals surface area contributed by atoms with E-state index < -0.39 is 10.8 Å². The van der Waals surface area contributed by atoms with Crippen LogP contribution in [0.3, 0.4) is 0 Å². The highest BCUT2D eigenvalue weighted by molar-refractivity contribution is 6.21. The van der Waals surface area contributed by atoms with Gasteiger partial charge in [-0.1, -0.05) is 352 Å². The third-order valence-corrected chi connectivity index (χ3v) is 19.7. The van der Waals surface area contributed by atoms with Crippen LogP contribution in [-0.4, -0.2) is 0 Å². The first-order chi connectivity index (χ1) is 45.6. The van der Waals surface area contributed by atoms with Crippen LogP contribution >= 0.6 is 0 Å². The second-order valence-corrected chi connectivity index (χ2v) is 24.5. The van der Waals surface area contributed by atoms with E-state index in [-0.39, 0.29) is 0 Å². The van der Waals surface area contributed by atoms with Crippen LogP contribution in [0.15, 0.2) is 364 Å². The lowest BCUT2D eigenvalue weighted by Gasteiger charge is -2.34. The molecule has 0 spiro atoms. The highest BCUT2D eigenvalue weighted by Gasteiger charge is 2.47. The number of hydrogen-bond donors (Lipinski definition) is 0. The number of hydrogen-bond acceptors (Lipinski definition) is 0. The molecule has 0 saturated heterocycles. The molecule has 0 heteroatoms. The topological polar surface area (TPSA) is 0 Å². The highest BCUT2D eigenvalue weighted by atomic mass is 14.5. The Labute approximate surface area is 538 Å². The smallest absolute Gasteiger partial charge is 0.0622 e. The summed E-state index contributed by atoms with van der Waals surface area (Å²) in [6.07, 6.45) is 4.73. The average Bonchev–Trinajstić information content (AvgIpc) is 1.54. The molecule has 92 heavy (non-hydrogen) atoms. The molecule has 0 aromatic heterocycles. The van der Waals surface area contributed by atoms with E-state index in [4.69, 9.17) is 0 Å². The molecule has 0 nitrogen and oxygen atoms in total. The molecule has 0 bridgehead atoms. The van der Waals surface area contributed by atoms with Gasteiger partial charge in [-0.25, -0.2) is 0 Å². The van der Waals surface area contributed by atoms with Gasteiger partial charge in [-0.2, -0.15) is 0 Å². The second-order valence-electron chi connectivity index (χ2n) is 24.5. The van der Waals surface area contributed by atoms with E-state index in [1.807, 2.05) is 0 Å². The van der Waals surface area contributed by atoms with Crippen molar-refractivity contribution in [1.82, 2.24) is 0 Å². The van der Waals surface area contributed by atoms with Gasteiger partial charge in [-0.3, -0.25) is 0 Å². The van der Waals surface area contributed by atoms with Crippen molar-refractivity contribution in [2.24, 2.45) is 0 Å². The first-order valence-electron chi connectivity index (χ1n) is 32.0. The molecule has 0 heterocycles. The van der Waals surface area contributed by atoms with Crippen molar-refractivity contribution in [3.05, 3.63) is 442 Å². The lowest BCUT2D eigenvalue weighted by Crippen LogP contribution is -2.28. The maximum atomic E-state index is 2.49. The fourth-order valence-electron chi connectivity index (χ4n) is 15.7. The zero-order chi connectivity index (χ0) is 61.0. The van der Waals surface area contributed by atoms with Crippen molar-refractivity contribution in [1.29, 1.82) is 0 Å². The molecule has 2 aliphatic rings. The van der Waals surface area contributed by atoms with Gasteiger partial charge in [-0.15, -0.1) is 0 Å². The Kier molecular flexibility index (Phi) is 13.4. The minimum atomic E-state index is -0.512. The van der Waals surface area contributed by atoms with Gasteiger partial charge in [0, 0.05) is 0 Å². The quantitative estimate of drug-likeness (QED) is 0.0845. The van der Waals surface area contributed by atoms with Gasteiger partial charge < -0.3 is 0 Å². The first-order valence-corrected chi connectivity index (χ1v) is 32.0. The summed E-state index contributed by atoms with van der Waals surface area (Å²) >= 11 is 0. The van der Waals surface area contributed by atoms with Crippen molar-refractivity contribution in [2.45, 2.75) is 10.8 Å². The first kappa shape index (κ1) is 54.5. The van der Waals surface area contributed by atoms with Crippen molar-refractivity contribution in [3.63, 3.8) is 0 Å². The van der Waals surface area contributed by atoms with E-state index in [0.717, 1.165) is 22.3 Å². The van der Waals surface area contributed by atoms with Gasteiger partial charge in [0.15, 0.2) is 0 Å². The summed E-state index contributed by atoms with van der Waals surface area (Å²) in [5, 5.41) is 4.88. The normalized spacial score (nSPS) is 13.5. The maximum Gasteiger partial charge on any atom is 0.0713 e. The van der Waals surface area contributed by atoms with Crippen molar-refractivity contribution < 1.29 is 0 Å². The fourth-order valence-corrected chi connectivity index (χ4v) is 15.7. The third-order valence-electron chi connectivity index (χ3n) is 19.7. The largest absolute Gasteiger partial charge is 0.0713 e. The molecule has 2 aliphatic carbocycles. The van der Waals surface area contributed by atoms with Crippen LogP contribution < -0.4 is 0 Å². The minimum Gasteiger partial charge on any atom is -0.0622 e. The Morgan fingerprint density at radius 2 is 0.467 bits per heavy atom. The summed E-state index contributed by atoms with van der Waals surface area (Å²) in [6, 6.07) is 135. The molecule has 15 aromatic rings. The number of benzene rings is 15. The monoisotopic (exact) mass is 1170 g/mol. The van der Waals surface area contributed by atoms with E-state index in [2.05, 4.69) is 376 Å². The average molecular weight is 1170 g/mol. The molecule has 15 aromatic carbocycles. The Morgan fingerprint density at radius 1 is 0.207 bits per heavy atom. The molecule has 0 saturated carbocycles.